The Kier molecular flexibility index (Phi) is 4.33. The predicted octanol–water partition coefficient (Wildman–Crippen LogP) is 1.72. The molecule has 0 saturated heterocycles. The summed E-state index contributed by atoms with van der Waals surface area (Å²) in [6.07, 6.45) is 3.25. The Balaban J connectivity index is 1.51. The van der Waals surface area contributed by atoms with Gasteiger partial charge in [-0.2, -0.15) is 0 Å². The van der Waals surface area contributed by atoms with Gasteiger partial charge in [0.2, 0.25) is 0 Å². The fourth-order valence-electron chi connectivity index (χ4n) is 2.29. The molecule has 0 spiro atoms. The lowest BCUT2D eigenvalue weighted by molar-refractivity contribution is 0.0926. The highest BCUT2D eigenvalue weighted by Gasteiger charge is 2.11. The highest BCUT2D eigenvalue weighted by atomic mass is 16.2. The zero-order chi connectivity index (χ0) is 16.1. The fourth-order valence-corrected chi connectivity index (χ4v) is 2.29. The second kappa shape index (κ2) is 6.74. The van der Waals surface area contributed by atoms with Crippen molar-refractivity contribution in [1.82, 2.24) is 20.6 Å². The molecule has 116 valence electrons. The molecule has 6 heteroatoms. The van der Waals surface area contributed by atoms with Gasteiger partial charge in [0, 0.05) is 36.4 Å². The van der Waals surface area contributed by atoms with Crippen LogP contribution in [0.3, 0.4) is 0 Å². The highest BCUT2D eigenvalue weighted by Crippen LogP contribution is 2.17. The van der Waals surface area contributed by atoms with Crippen LogP contribution >= 0.6 is 0 Å². The molecule has 0 aliphatic rings. The van der Waals surface area contributed by atoms with Crippen LogP contribution in [0, 0.1) is 0 Å². The van der Waals surface area contributed by atoms with Crippen LogP contribution < -0.4 is 10.6 Å². The number of para-hydroxylation sites is 1. The standard InChI is InChI=1S/C17H16N4O2/c22-16(13-11-21-14-6-2-1-5-12(13)14)19-9-10-20-17(23)15-7-3-4-8-18-15/h1-8,11,21H,9-10H2,(H,19,22)(H,20,23). The highest BCUT2D eigenvalue weighted by molar-refractivity contribution is 6.06. The molecule has 23 heavy (non-hydrogen) atoms. The molecule has 1 aromatic carbocycles. The van der Waals surface area contributed by atoms with Crippen molar-refractivity contribution in [3.63, 3.8) is 0 Å². The Morgan fingerprint density at radius 2 is 1.70 bits per heavy atom. The lowest BCUT2D eigenvalue weighted by Gasteiger charge is -2.06. The number of rotatable bonds is 5. The summed E-state index contributed by atoms with van der Waals surface area (Å²) in [5, 5.41) is 6.38. The number of amides is 2. The van der Waals surface area contributed by atoms with Crippen LogP contribution in [0.2, 0.25) is 0 Å². The van der Waals surface area contributed by atoms with Crippen LogP contribution in [-0.2, 0) is 0 Å². The Morgan fingerprint density at radius 3 is 2.48 bits per heavy atom. The normalized spacial score (nSPS) is 10.4. The minimum atomic E-state index is -0.257. The minimum Gasteiger partial charge on any atom is -0.360 e. The van der Waals surface area contributed by atoms with Crippen molar-refractivity contribution < 1.29 is 9.59 Å². The van der Waals surface area contributed by atoms with Crippen molar-refractivity contribution in [3.05, 3.63) is 66.1 Å². The van der Waals surface area contributed by atoms with E-state index in [0.717, 1.165) is 10.9 Å². The first-order chi connectivity index (χ1) is 11.3. The summed E-state index contributed by atoms with van der Waals surface area (Å²) >= 11 is 0. The van der Waals surface area contributed by atoms with Gasteiger partial charge in [0.05, 0.1) is 5.56 Å². The number of carbonyl (C=O) groups excluding carboxylic acids is 2. The molecule has 0 radical (unpaired) electrons. The van der Waals surface area contributed by atoms with Crippen LogP contribution in [0.25, 0.3) is 10.9 Å². The van der Waals surface area contributed by atoms with Gasteiger partial charge in [-0.1, -0.05) is 24.3 Å². The molecule has 6 nitrogen and oxygen atoms in total. The summed E-state index contributed by atoms with van der Waals surface area (Å²) in [7, 11) is 0. The maximum absolute atomic E-state index is 12.2. The lowest BCUT2D eigenvalue weighted by Crippen LogP contribution is -2.34. The maximum atomic E-state index is 12.2. The number of aromatic nitrogens is 2. The molecule has 2 aromatic heterocycles. The van der Waals surface area contributed by atoms with Gasteiger partial charge in [0.25, 0.3) is 11.8 Å². The van der Waals surface area contributed by atoms with Gasteiger partial charge in [-0.15, -0.1) is 0 Å². The minimum absolute atomic E-state index is 0.172. The second-order valence-corrected chi connectivity index (χ2v) is 4.97. The molecule has 3 rings (SSSR count). The van der Waals surface area contributed by atoms with Crippen LogP contribution in [0.15, 0.2) is 54.9 Å². The molecular formula is C17H16N4O2. The van der Waals surface area contributed by atoms with E-state index in [2.05, 4.69) is 20.6 Å². The molecule has 0 bridgehead atoms. The van der Waals surface area contributed by atoms with E-state index in [1.807, 2.05) is 24.3 Å². The van der Waals surface area contributed by atoms with Gasteiger partial charge in [0.1, 0.15) is 5.69 Å². The molecule has 0 aliphatic carbocycles. The van der Waals surface area contributed by atoms with Crippen molar-refractivity contribution in [2.75, 3.05) is 13.1 Å². The number of benzene rings is 1. The summed E-state index contributed by atoms with van der Waals surface area (Å²) in [6.45, 7) is 0.681. The van der Waals surface area contributed by atoms with Crippen LogP contribution in [-0.4, -0.2) is 34.9 Å². The molecule has 0 fully saturated rings. The topological polar surface area (TPSA) is 86.9 Å². The van der Waals surface area contributed by atoms with Crippen molar-refractivity contribution >= 4 is 22.7 Å². The van der Waals surface area contributed by atoms with E-state index in [9.17, 15) is 9.59 Å². The maximum Gasteiger partial charge on any atom is 0.269 e. The summed E-state index contributed by atoms with van der Waals surface area (Å²) in [5.74, 6) is -0.429. The van der Waals surface area contributed by atoms with Crippen molar-refractivity contribution in [3.8, 4) is 0 Å². The van der Waals surface area contributed by atoms with E-state index < -0.39 is 0 Å². The summed E-state index contributed by atoms with van der Waals surface area (Å²) in [6, 6.07) is 12.7. The SMILES string of the molecule is O=C(NCCNC(=O)c1c[nH]c2ccccc12)c1ccccn1. The van der Waals surface area contributed by atoms with Gasteiger partial charge >= 0.3 is 0 Å². The first-order valence-electron chi connectivity index (χ1n) is 7.29. The number of aromatic amines is 1. The zero-order valence-electron chi connectivity index (χ0n) is 12.4. The van der Waals surface area contributed by atoms with E-state index in [4.69, 9.17) is 0 Å². The fraction of sp³-hybridized carbons (Fsp3) is 0.118. The third-order valence-corrected chi connectivity index (χ3v) is 3.43. The van der Waals surface area contributed by atoms with E-state index in [1.54, 1.807) is 30.6 Å². The lowest BCUT2D eigenvalue weighted by atomic mass is 10.1. The summed E-state index contributed by atoms with van der Waals surface area (Å²) in [4.78, 5) is 31.0. The number of pyridine rings is 1. The Bertz CT molecular complexity index is 827. The molecule has 0 aliphatic heterocycles. The third kappa shape index (κ3) is 3.37. The largest absolute Gasteiger partial charge is 0.360 e. The second-order valence-electron chi connectivity index (χ2n) is 4.97. The number of hydrogen-bond acceptors (Lipinski definition) is 3. The molecule has 0 unspecified atom stereocenters. The summed E-state index contributed by atoms with van der Waals surface area (Å²) < 4.78 is 0. The van der Waals surface area contributed by atoms with E-state index in [1.165, 1.54) is 0 Å². The summed E-state index contributed by atoms with van der Waals surface area (Å²) in [5.41, 5.74) is 1.87. The third-order valence-electron chi connectivity index (χ3n) is 3.43. The van der Waals surface area contributed by atoms with Crippen molar-refractivity contribution in [1.29, 1.82) is 0 Å². The van der Waals surface area contributed by atoms with Crippen molar-refractivity contribution in [2.45, 2.75) is 0 Å². The molecular weight excluding hydrogens is 292 g/mol. The van der Waals surface area contributed by atoms with Crippen LogP contribution in [0.1, 0.15) is 20.8 Å². The zero-order valence-corrected chi connectivity index (χ0v) is 12.4. The Hall–Kier alpha value is -3.15. The average Bonchev–Trinajstić information content (AvgIpc) is 3.03. The van der Waals surface area contributed by atoms with E-state index in [-0.39, 0.29) is 11.8 Å². The van der Waals surface area contributed by atoms with Gasteiger partial charge < -0.3 is 15.6 Å². The van der Waals surface area contributed by atoms with Crippen LogP contribution in [0.4, 0.5) is 0 Å². The predicted molar refractivity (Wildman–Crippen MR) is 87.2 cm³/mol. The molecule has 0 atom stereocenters. The van der Waals surface area contributed by atoms with Gasteiger partial charge in [0.15, 0.2) is 0 Å². The van der Waals surface area contributed by atoms with Gasteiger partial charge in [-0.25, -0.2) is 0 Å². The van der Waals surface area contributed by atoms with Gasteiger partial charge in [-0.05, 0) is 18.2 Å². The monoisotopic (exact) mass is 308 g/mol. The van der Waals surface area contributed by atoms with Gasteiger partial charge in [-0.3, -0.25) is 14.6 Å². The number of fused-ring (bicyclic) bond motifs is 1. The molecule has 2 amide bonds. The number of hydrogen-bond donors (Lipinski definition) is 3. The number of nitrogens with zero attached hydrogens (tertiary/aromatic N) is 1. The Labute approximate surface area is 132 Å². The van der Waals surface area contributed by atoms with E-state index >= 15 is 0 Å². The first-order valence-corrected chi connectivity index (χ1v) is 7.29. The Morgan fingerprint density at radius 1 is 0.957 bits per heavy atom. The first kappa shape index (κ1) is 14.8. The number of H-pyrrole nitrogens is 1. The number of carbonyl (C=O) groups is 2. The molecule has 2 heterocycles. The molecule has 3 N–H and O–H groups in total. The quantitative estimate of drug-likeness (QED) is 0.627. The molecule has 3 aromatic rings. The van der Waals surface area contributed by atoms with Crippen molar-refractivity contribution in [2.24, 2.45) is 0 Å². The van der Waals surface area contributed by atoms with Crippen LogP contribution in [0.5, 0.6) is 0 Å². The van der Waals surface area contributed by atoms with E-state index in [0.29, 0.717) is 24.3 Å². The smallest absolute Gasteiger partial charge is 0.269 e. The average molecular weight is 308 g/mol. The molecule has 0 saturated carbocycles. The number of nitrogens with one attached hydrogen (secondary N) is 3.